The SMILES string of the molecule is COC(=O)c1c(C#N)nc(C)c([P+]2(O)OCCCO2)c1-c1ccccc1[N+](=O)[O-]. The molecule has 0 radical (unpaired) electrons. The van der Waals surface area contributed by atoms with E-state index in [1.54, 1.807) is 6.07 Å². The standard InChI is InChI=1S/C18H17N3O7P/c1-11-17(29(25)27-8-5-9-28-29)15(12-6-3-4-7-14(12)21(23)24)16(18(22)26-2)13(10-19)20-11/h3-4,6-7,25H,5,8-9H2,1-2H3/q+1. The normalized spacial score (nSPS) is 15.4. The van der Waals surface area contributed by atoms with Crippen LogP contribution in [0.4, 0.5) is 5.69 Å². The number of ether oxygens (including phenoxy) is 1. The van der Waals surface area contributed by atoms with E-state index in [4.69, 9.17) is 13.8 Å². The molecule has 150 valence electrons. The van der Waals surface area contributed by atoms with Crippen LogP contribution < -0.4 is 5.30 Å². The van der Waals surface area contributed by atoms with Crippen LogP contribution in [-0.4, -0.2) is 41.1 Å². The number of benzene rings is 1. The van der Waals surface area contributed by atoms with Crippen LogP contribution >= 0.6 is 7.94 Å². The molecule has 0 saturated carbocycles. The predicted octanol–water partition coefficient (Wildman–Crippen LogP) is 2.44. The Balaban J connectivity index is 2.49. The van der Waals surface area contributed by atoms with E-state index in [-0.39, 0.29) is 52.3 Å². The van der Waals surface area contributed by atoms with E-state index in [0.717, 1.165) is 7.11 Å². The van der Waals surface area contributed by atoms with E-state index in [0.29, 0.717) is 6.42 Å². The number of pyridine rings is 1. The van der Waals surface area contributed by atoms with Crippen molar-refractivity contribution < 1.29 is 28.4 Å². The highest BCUT2D eigenvalue weighted by Crippen LogP contribution is 2.60. The summed E-state index contributed by atoms with van der Waals surface area (Å²) < 4.78 is 15.9. The van der Waals surface area contributed by atoms with Gasteiger partial charge in [-0.2, -0.15) is 19.2 Å². The van der Waals surface area contributed by atoms with Gasteiger partial charge in [-0.05, 0) is 13.0 Å². The van der Waals surface area contributed by atoms with Crippen molar-refractivity contribution in [3.63, 3.8) is 0 Å². The van der Waals surface area contributed by atoms with Gasteiger partial charge in [-0.3, -0.25) is 10.1 Å². The molecule has 2 aromatic rings. The number of nitrogens with zero attached hydrogens (tertiary/aromatic N) is 3. The first-order valence-corrected chi connectivity index (χ1v) is 10.1. The van der Waals surface area contributed by atoms with Crippen LogP contribution in [0.5, 0.6) is 0 Å². The second-order valence-electron chi connectivity index (χ2n) is 6.06. The molecule has 11 heteroatoms. The summed E-state index contributed by atoms with van der Waals surface area (Å²) in [6, 6.07) is 7.50. The minimum atomic E-state index is -3.72. The van der Waals surface area contributed by atoms with Gasteiger partial charge in [-0.15, -0.1) is 0 Å². The third-order valence-electron chi connectivity index (χ3n) is 4.32. The Bertz CT molecular complexity index is 1030. The van der Waals surface area contributed by atoms with Crippen molar-refractivity contribution in [3.8, 4) is 17.2 Å². The largest absolute Gasteiger partial charge is 0.465 e. The Kier molecular flexibility index (Phi) is 5.86. The number of rotatable bonds is 4. The molecule has 3 rings (SSSR count). The highest BCUT2D eigenvalue weighted by atomic mass is 31.2. The minimum Gasteiger partial charge on any atom is -0.465 e. The highest BCUT2D eigenvalue weighted by molar-refractivity contribution is 7.69. The van der Waals surface area contributed by atoms with Crippen LogP contribution in [0.15, 0.2) is 24.3 Å². The first kappa shape index (κ1) is 20.8. The van der Waals surface area contributed by atoms with Gasteiger partial charge in [0.2, 0.25) is 5.30 Å². The number of nitro groups is 1. The average Bonchev–Trinajstić information content (AvgIpc) is 2.72. The molecule has 2 heterocycles. The summed E-state index contributed by atoms with van der Waals surface area (Å²) in [5.41, 5.74) is -0.768. The Hall–Kier alpha value is -2.96. The molecule has 1 aromatic heterocycles. The van der Waals surface area contributed by atoms with Crippen LogP contribution in [0.2, 0.25) is 0 Å². The lowest BCUT2D eigenvalue weighted by atomic mass is 9.96. The zero-order valence-corrected chi connectivity index (χ0v) is 16.5. The van der Waals surface area contributed by atoms with E-state index in [1.165, 1.54) is 25.1 Å². The maximum atomic E-state index is 12.6. The number of para-hydroxylation sites is 1. The third-order valence-corrected chi connectivity index (χ3v) is 6.49. The van der Waals surface area contributed by atoms with Crippen LogP contribution in [0.25, 0.3) is 11.1 Å². The molecule has 1 aliphatic heterocycles. The predicted molar refractivity (Wildman–Crippen MR) is 102 cm³/mol. The number of carbonyl (C=O) groups is 1. The molecule has 1 fully saturated rings. The molecule has 10 nitrogen and oxygen atoms in total. The smallest absolute Gasteiger partial charge is 0.448 e. The van der Waals surface area contributed by atoms with E-state index < -0.39 is 18.8 Å². The fraction of sp³-hybridized carbons (Fsp3) is 0.278. The first-order chi connectivity index (χ1) is 13.8. The van der Waals surface area contributed by atoms with Gasteiger partial charge in [-0.25, -0.2) is 9.78 Å². The summed E-state index contributed by atoms with van der Waals surface area (Å²) in [5.74, 6) is -0.924. The number of aromatic nitrogens is 1. The molecular weight excluding hydrogens is 401 g/mol. The molecule has 0 aliphatic carbocycles. The summed E-state index contributed by atoms with van der Waals surface area (Å²) in [5, 5.41) is 21.2. The average molecular weight is 418 g/mol. The molecule has 0 amide bonds. The molecule has 29 heavy (non-hydrogen) atoms. The van der Waals surface area contributed by atoms with E-state index >= 15 is 0 Å². The minimum absolute atomic E-state index is 0.0149. The lowest BCUT2D eigenvalue weighted by Gasteiger charge is -2.24. The zero-order valence-electron chi connectivity index (χ0n) is 15.6. The van der Waals surface area contributed by atoms with Gasteiger partial charge in [-0.1, -0.05) is 12.1 Å². The van der Waals surface area contributed by atoms with Crippen molar-refractivity contribution in [2.75, 3.05) is 20.3 Å². The number of carbonyl (C=O) groups excluding carboxylic acids is 1. The number of methoxy groups -OCH3 is 1. The maximum absolute atomic E-state index is 12.6. The second kappa shape index (κ2) is 8.19. The first-order valence-electron chi connectivity index (χ1n) is 8.52. The van der Waals surface area contributed by atoms with Crippen molar-refractivity contribution in [2.24, 2.45) is 0 Å². The van der Waals surface area contributed by atoms with Gasteiger partial charge in [0, 0.05) is 12.5 Å². The molecular formula is C18H17N3O7P+. The molecule has 1 aromatic carbocycles. The number of hydrogen-bond donors (Lipinski definition) is 1. The van der Waals surface area contributed by atoms with Crippen molar-refractivity contribution in [1.82, 2.24) is 4.98 Å². The summed E-state index contributed by atoms with van der Waals surface area (Å²) in [6.45, 7) is 1.91. The number of nitro benzene ring substituents is 1. The van der Waals surface area contributed by atoms with Gasteiger partial charge < -0.3 is 4.74 Å². The van der Waals surface area contributed by atoms with Gasteiger partial charge in [0.05, 0.1) is 28.9 Å². The molecule has 1 saturated heterocycles. The van der Waals surface area contributed by atoms with Crippen molar-refractivity contribution in [1.29, 1.82) is 5.26 Å². The number of esters is 1. The summed E-state index contributed by atoms with van der Waals surface area (Å²) in [7, 11) is -2.60. The summed E-state index contributed by atoms with van der Waals surface area (Å²) in [4.78, 5) is 38.9. The molecule has 0 unspecified atom stereocenters. The molecule has 0 atom stereocenters. The molecule has 1 N–H and O–H groups in total. The lowest BCUT2D eigenvalue weighted by Crippen LogP contribution is -2.29. The fourth-order valence-electron chi connectivity index (χ4n) is 3.13. The van der Waals surface area contributed by atoms with Gasteiger partial charge in [0.1, 0.15) is 24.8 Å². The summed E-state index contributed by atoms with van der Waals surface area (Å²) in [6.07, 6.45) is 0.551. The molecule has 0 bridgehead atoms. The quantitative estimate of drug-likeness (QED) is 0.342. The number of aryl methyl sites for hydroxylation is 1. The van der Waals surface area contributed by atoms with Crippen LogP contribution in [-0.2, 0) is 13.8 Å². The Labute approximate surface area is 166 Å². The van der Waals surface area contributed by atoms with Gasteiger partial charge in [0.25, 0.3) is 5.69 Å². The Morgan fingerprint density at radius 2 is 2.03 bits per heavy atom. The van der Waals surface area contributed by atoms with Crippen LogP contribution in [0.1, 0.15) is 28.2 Å². The summed E-state index contributed by atoms with van der Waals surface area (Å²) >= 11 is 0. The Morgan fingerprint density at radius 1 is 1.38 bits per heavy atom. The lowest BCUT2D eigenvalue weighted by molar-refractivity contribution is -0.384. The monoisotopic (exact) mass is 418 g/mol. The molecule has 1 aliphatic rings. The van der Waals surface area contributed by atoms with E-state index in [2.05, 4.69) is 4.98 Å². The maximum Gasteiger partial charge on any atom is 0.448 e. The van der Waals surface area contributed by atoms with Crippen molar-refractivity contribution in [2.45, 2.75) is 13.3 Å². The fourth-order valence-corrected chi connectivity index (χ4v) is 5.19. The van der Waals surface area contributed by atoms with Crippen LogP contribution in [0, 0.1) is 28.4 Å². The number of hydrogen-bond acceptors (Lipinski definition) is 9. The third kappa shape index (κ3) is 3.69. The highest BCUT2D eigenvalue weighted by Gasteiger charge is 2.52. The van der Waals surface area contributed by atoms with Gasteiger partial charge in [0.15, 0.2) is 5.69 Å². The topological polar surface area (TPSA) is 145 Å². The number of nitriles is 1. The van der Waals surface area contributed by atoms with Crippen LogP contribution in [0.3, 0.4) is 0 Å². The van der Waals surface area contributed by atoms with Crippen molar-refractivity contribution in [3.05, 3.63) is 51.3 Å². The van der Waals surface area contributed by atoms with Crippen molar-refractivity contribution >= 4 is 24.9 Å². The van der Waals surface area contributed by atoms with Gasteiger partial charge >= 0.3 is 13.9 Å². The molecule has 0 spiro atoms. The second-order valence-corrected chi connectivity index (χ2v) is 8.07. The Morgan fingerprint density at radius 3 is 2.62 bits per heavy atom. The zero-order chi connectivity index (χ0) is 21.2. The van der Waals surface area contributed by atoms with E-state index in [9.17, 15) is 25.1 Å². The van der Waals surface area contributed by atoms with E-state index in [1.807, 2.05) is 6.07 Å².